The second kappa shape index (κ2) is 11.5. The van der Waals surface area contributed by atoms with Crippen LogP contribution in [-0.2, 0) is 17.6 Å². The number of methoxy groups -OCH3 is 1. The van der Waals surface area contributed by atoms with Crippen LogP contribution in [0.2, 0.25) is 0 Å². The van der Waals surface area contributed by atoms with Gasteiger partial charge >= 0.3 is 5.97 Å². The summed E-state index contributed by atoms with van der Waals surface area (Å²) in [7, 11) is 1.55. The molecule has 4 rings (SSSR count). The Morgan fingerprint density at radius 3 is 2.47 bits per heavy atom. The molecule has 0 aliphatic rings. The minimum atomic E-state index is -1.55. The first-order chi connectivity index (χ1) is 18.3. The number of ether oxygens (including phenoxy) is 3. The summed E-state index contributed by atoms with van der Waals surface area (Å²) in [5.41, 5.74) is 1.31. The lowest BCUT2D eigenvalue weighted by molar-refractivity contribution is -0.153. The fourth-order valence-corrected chi connectivity index (χ4v) is 3.97. The van der Waals surface area contributed by atoms with Crippen molar-refractivity contribution in [3.63, 3.8) is 0 Å². The number of nitriles is 1. The first kappa shape index (κ1) is 26.3. The van der Waals surface area contributed by atoms with Crippen LogP contribution in [0.25, 0.3) is 11.5 Å². The average molecular weight is 513 g/mol. The molecule has 0 spiro atoms. The number of aromatic nitrogens is 1. The lowest BCUT2D eigenvalue weighted by Crippen LogP contribution is -2.43. The van der Waals surface area contributed by atoms with E-state index in [0.717, 1.165) is 17.0 Å². The van der Waals surface area contributed by atoms with Crippen LogP contribution in [0.1, 0.15) is 29.5 Å². The number of aryl methyl sites for hydroxylation is 1. The van der Waals surface area contributed by atoms with Gasteiger partial charge in [0.2, 0.25) is 11.5 Å². The second-order valence-corrected chi connectivity index (χ2v) is 8.92. The van der Waals surface area contributed by atoms with Crippen molar-refractivity contribution in [2.45, 2.75) is 32.3 Å². The van der Waals surface area contributed by atoms with Crippen LogP contribution in [0.5, 0.6) is 17.2 Å². The first-order valence-corrected chi connectivity index (χ1v) is 12.1. The average Bonchev–Trinajstić information content (AvgIpc) is 3.30. The fourth-order valence-electron chi connectivity index (χ4n) is 3.97. The molecule has 0 bridgehead atoms. The number of carboxylic acids is 1. The maximum Gasteiger partial charge on any atom is 0.348 e. The zero-order valence-electron chi connectivity index (χ0n) is 21.4. The van der Waals surface area contributed by atoms with E-state index in [1.807, 2.05) is 43.3 Å². The van der Waals surface area contributed by atoms with Crippen molar-refractivity contribution >= 4 is 5.97 Å². The van der Waals surface area contributed by atoms with Crippen LogP contribution in [0.15, 0.2) is 77.2 Å². The molecule has 1 aromatic heterocycles. The van der Waals surface area contributed by atoms with Crippen molar-refractivity contribution < 1.29 is 28.5 Å². The van der Waals surface area contributed by atoms with E-state index in [4.69, 9.17) is 23.9 Å². The van der Waals surface area contributed by atoms with Gasteiger partial charge in [-0.2, -0.15) is 5.26 Å². The summed E-state index contributed by atoms with van der Waals surface area (Å²) in [6, 6.07) is 23.3. The molecular formula is C30H28N2O6. The monoisotopic (exact) mass is 512 g/mol. The molecular weight excluding hydrogens is 484 g/mol. The predicted octanol–water partition coefficient (Wildman–Crippen LogP) is 5.62. The molecule has 1 heterocycles. The van der Waals surface area contributed by atoms with E-state index in [-0.39, 0.29) is 6.42 Å². The summed E-state index contributed by atoms with van der Waals surface area (Å²) < 4.78 is 23.2. The number of hydrogen-bond donors (Lipinski definition) is 1. The molecule has 38 heavy (non-hydrogen) atoms. The Bertz CT molecular complexity index is 1440. The molecule has 3 aromatic carbocycles. The van der Waals surface area contributed by atoms with Gasteiger partial charge in [0.1, 0.15) is 11.5 Å². The maximum absolute atomic E-state index is 12.2. The van der Waals surface area contributed by atoms with E-state index in [1.54, 1.807) is 49.6 Å². The third kappa shape index (κ3) is 6.13. The third-order valence-electron chi connectivity index (χ3n) is 6.06. The smallest absolute Gasteiger partial charge is 0.348 e. The third-order valence-corrected chi connectivity index (χ3v) is 6.06. The summed E-state index contributed by atoms with van der Waals surface area (Å²) in [6.45, 7) is 3.70. The van der Waals surface area contributed by atoms with E-state index in [1.165, 1.54) is 6.92 Å². The van der Waals surface area contributed by atoms with Crippen molar-refractivity contribution in [3.05, 3.63) is 95.4 Å². The van der Waals surface area contributed by atoms with Crippen LogP contribution in [0, 0.1) is 18.3 Å². The highest BCUT2D eigenvalue weighted by atomic mass is 16.5. The topological polar surface area (TPSA) is 115 Å². The minimum Gasteiger partial charge on any atom is -0.493 e. The van der Waals surface area contributed by atoms with Crippen LogP contribution in [0.3, 0.4) is 0 Å². The number of aliphatic carboxylic acids is 1. The Morgan fingerprint density at radius 1 is 1.08 bits per heavy atom. The zero-order chi connectivity index (χ0) is 27.1. The number of carboxylic acid groups (broad SMARTS) is 1. The summed E-state index contributed by atoms with van der Waals surface area (Å²) >= 11 is 0. The first-order valence-electron chi connectivity index (χ1n) is 12.1. The second-order valence-electron chi connectivity index (χ2n) is 8.92. The molecule has 0 saturated heterocycles. The van der Waals surface area contributed by atoms with Crippen molar-refractivity contribution in [2.24, 2.45) is 0 Å². The number of rotatable bonds is 11. The molecule has 194 valence electrons. The Kier molecular flexibility index (Phi) is 7.97. The molecule has 0 aliphatic carbocycles. The molecule has 0 radical (unpaired) electrons. The standard InChI is InChI=1S/C30H28N2O6/c1-20-25(32-28(37-20)23-7-5-4-6-8-23)15-16-36-27-17-22(11-14-26(27)35-3)18-30(2,29(33)34)38-24-12-9-21(19-31)10-13-24/h4-14,17H,15-16,18H2,1-3H3,(H,33,34). The highest BCUT2D eigenvalue weighted by Crippen LogP contribution is 2.31. The summed E-state index contributed by atoms with van der Waals surface area (Å²) in [5.74, 6) is 1.55. The van der Waals surface area contributed by atoms with Gasteiger partial charge in [-0.15, -0.1) is 0 Å². The number of nitrogens with zero attached hydrogens (tertiary/aromatic N) is 2. The van der Waals surface area contributed by atoms with Crippen molar-refractivity contribution in [2.75, 3.05) is 13.7 Å². The van der Waals surface area contributed by atoms with Gasteiger partial charge < -0.3 is 23.7 Å². The molecule has 0 saturated carbocycles. The molecule has 4 aromatic rings. The zero-order valence-corrected chi connectivity index (χ0v) is 21.4. The molecule has 1 N–H and O–H groups in total. The molecule has 1 atom stereocenters. The van der Waals surface area contributed by atoms with Gasteiger partial charge in [0.05, 0.1) is 31.0 Å². The van der Waals surface area contributed by atoms with Gasteiger partial charge in [-0.25, -0.2) is 9.78 Å². The van der Waals surface area contributed by atoms with Crippen molar-refractivity contribution in [1.29, 1.82) is 5.26 Å². The molecule has 0 aliphatic heterocycles. The van der Waals surface area contributed by atoms with Crippen LogP contribution in [0.4, 0.5) is 0 Å². The van der Waals surface area contributed by atoms with E-state index < -0.39 is 11.6 Å². The Hall–Kier alpha value is -4.77. The SMILES string of the molecule is COc1ccc(CC(C)(Oc2ccc(C#N)cc2)C(=O)O)cc1OCCc1nc(-c2ccccc2)oc1C. The van der Waals surface area contributed by atoms with Gasteiger partial charge in [-0.1, -0.05) is 24.3 Å². The minimum absolute atomic E-state index is 0.0749. The molecule has 8 heteroatoms. The quantitative estimate of drug-likeness (QED) is 0.275. The van der Waals surface area contributed by atoms with E-state index >= 15 is 0 Å². The van der Waals surface area contributed by atoms with Crippen LogP contribution >= 0.6 is 0 Å². The highest BCUT2D eigenvalue weighted by molar-refractivity contribution is 5.78. The normalized spacial score (nSPS) is 12.3. The fraction of sp³-hybridized carbons (Fsp3) is 0.233. The maximum atomic E-state index is 12.2. The van der Waals surface area contributed by atoms with Crippen LogP contribution in [-0.4, -0.2) is 35.4 Å². The summed E-state index contributed by atoms with van der Waals surface area (Å²) in [5, 5.41) is 18.9. The molecule has 0 fully saturated rings. The number of carbonyl (C=O) groups is 1. The van der Waals surface area contributed by atoms with E-state index in [0.29, 0.717) is 47.3 Å². The van der Waals surface area contributed by atoms with Crippen molar-refractivity contribution in [1.82, 2.24) is 4.98 Å². The van der Waals surface area contributed by atoms with Gasteiger partial charge in [0.15, 0.2) is 11.5 Å². The summed E-state index contributed by atoms with van der Waals surface area (Å²) in [6.07, 6.45) is 0.593. The predicted molar refractivity (Wildman–Crippen MR) is 140 cm³/mol. The lowest BCUT2D eigenvalue weighted by atomic mass is 9.96. The molecule has 1 unspecified atom stereocenters. The Morgan fingerprint density at radius 2 is 1.82 bits per heavy atom. The van der Waals surface area contributed by atoms with Gasteiger partial charge in [0, 0.05) is 18.4 Å². The van der Waals surface area contributed by atoms with Crippen molar-refractivity contribution in [3.8, 4) is 34.8 Å². The molecule has 8 nitrogen and oxygen atoms in total. The Balaban J connectivity index is 1.46. The highest BCUT2D eigenvalue weighted by Gasteiger charge is 2.36. The van der Waals surface area contributed by atoms with Gasteiger partial charge in [-0.05, 0) is 67.9 Å². The Labute approximate surface area is 221 Å². The lowest BCUT2D eigenvalue weighted by Gasteiger charge is -2.27. The van der Waals surface area contributed by atoms with E-state index in [2.05, 4.69) is 4.98 Å². The number of oxazole rings is 1. The van der Waals surface area contributed by atoms with Gasteiger partial charge in [-0.3, -0.25) is 0 Å². The largest absolute Gasteiger partial charge is 0.493 e. The molecule has 0 amide bonds. The number of benzene rings is 3. The van der Waals surface area contributed by atoms with Crippen LogP contribution < -0.4 is 14.2 Å². The summed E-state index contributed by atoms with van der Waals surface area (Å²) in [4.78, 5) is 16.8. The van der Waals surface area contributed by atoms with Gasteiger partial charge in [0.25, 0.3) is 0 Å². The van der Waals surface area contributed by atoms with E-state index in [9.17, 15) is 9.90 Å². The number of hydrogen-bond acceptors (Lipinski definition) is 7.